The summed E-state index contributed by atoms with van der Waals surface area (Å²) in [6.45, 7) is 3.84. The van der Waals surface area contributed by atoms with Crippen molar-refractivity contribution in [3.05, 3.63) is 54.2 Å². The van der Waals surface area contributed by atoms with Crippen molar-refractivity contribution in [1.29, 1.82) is 0 Å². The van der Waals surface area contributed by atoms with Crippen LogP contribution in [-0.2, 0) is 11.0 Å². The fraction of sp³-hybridized carbons (Fsp3) is 0.263. The third-order valence-corrected chi connectivity index (χ3v) is 4.82. The maximum Gasteiger partial charge on any atom is 0.421 e. The summed E-state index contributed by atoms with van der Waals surface area (Å²) in [6, 6.07) is 6.53. The molecule has 0 aliphatic carbocycles. The van der Waals surface area contributed by atoms with Gasteiger partial charge in [0, 0.05) is 29.9 Å². The van der Waals surface area contributed by atoms with Gasteiger partial charge >= 0.3 is 6.18 Å². The van der Waals surface area contributed by atoms with Gasteiger partial charge in [0.2, 0.25) is 11.9 Å². The highest BCUT2D eigenvalue weighted by atomic mass is 19.4. The topological polar surface area (TPSA) is 113 Å². The second-order valence-electron chi connectivity index (χ2n) is 6.97. The van der Waals surface area contributed by atoms with Crippen LogP contribution in [0.25, 0.3) is 0 Å². The molecule has 1 aliphatic heterocycles. The molecular formula is C19H20BF3N6O2. The molecule has 31 heavy (non-hydrogen) atoms. The number of benzene rings is 1. The number of nitrogens with one attached hydrogen (secondary N) is 2. The number of amides is 2. The molecule has 0 bridgehead atoms. The normalized spacial score (nSPS) is 16.2. The highest BCUT2D eigenvalue weighted by Gasteiger charge is 2.34. The van der Waals surface area contributed by atoms with Gasteiger partial charge in [0.15, 0.2) is 7.28 Å². The van der Waals surface area contributed by atoms with E-state index in [0.717, 1.165) is 6.08 Å². The third-order valence-electron chi connectivity index (χ3n) is 4.82. The van der Waals surface area contributed by atoms with Crippen LogP contribution in [0.1, 0.15) is 22.3 Å². The van der Waals surface area contributed by atoms with Gasteiger partial charge < -0.3 is 21.3 Å². The molecule has 162 valence electrons. The summed E-state index contributed by atoms with van der Waals surface area (Å²) in [5.41, 5.74) is 5.36. The Balaban J connectivity index is 1.54. The molecule has 3 rings (SSSR count). The van der Waals surface area contributed by atoms with Crippen LogP contribution in [0.3, 0.4) is 0 Å². The highest BCUT2D eigenvalue weighted by molar-refractivity contribution is 6.39. The predicted molar refractivity (Wildman–Crippen MR) is 112 cm³/mol. The Labute approximate surface area is 177 Å². The van der Waals surface area contributed by atoms with Crippen LogP contribution >= 0.6 is 0 Å². The molecule has 4 N–H and O–H groups in total. The Hall–Kier alpha value is -3.57. The Bertz CT molecular complexity index is 976. The summed E-state index contributed by atoms with van der Waals surface area (Å²) in [6.07, 6.45) is -1.76. The molecule has 2 heterocycles. The van der Waals surface area contributed by atoms with Crippen molar-refractivity contribution < 1.29 is 22.8 Å². The average molecular weight is 432 g/mol. The van der Waals surface area contributed by atoms with Crippen molar-refractivity contribution in [1.82, 2.24) is 14.9 Å². The number of aromatic nitrogens is 2. The van der Waals surface area contributed by atoms with Gasteiger partial charge in [-0.1, -0.05) is 6.58 Å². The monoisotopic (exact) mass is 432 g/mol. The van der Waals surface area contributed by atoms with E-state index in [4.69, 9.17) is 5.73 Å². The molecule has 1 aromatic heterocycles. The second-order valence-corrected chi connectivity index (χ2v) is 6.97. The number of hydrogen-bond donors (Lipinski definition) is 3. The Morgan fingerprint density at radius 1 is 1.29 bits per heavy atom. The summed E-state index contributed by atoms with van der Waals surface area (Å²) >= 11 is 0. The quantitative estimate of drug-likeness (QED) is 0.491. The lowest BCUT2D eigenvalue weighted by molar-refractivity contribution is -0.137. The SMILES string of the molecule is C=CC(=O)Nc1ccc(C(=O)N2CB[C@H](Nc3ncc(C(F)(F)F)c(N)n3)CC2)cc1. The summed E-state index contributed by atoms with van der Waals surface area (Å²) in [5, 5.41) is 5.58. The smallest absolute Gasteiger partial charge is 0.383 e. The van der Waals surface area contributed by atoms with Crippen LogP contribution in [0, 0.1) is 0 Å². The number of hydrogen-bond acceptors (Lipinski definition) is 6. The first-order valence-corrected chi connectivity index (χ1v) is 9.46. The number of halogens is 3. The largest absolute Gasteiger partial charge is 0.421 e. The molecule has 1 aromatic carbocycles. The van der Waals surface area contributed by atoms with Crippen molar-refractivity contribution in [2.75, 3.05) is 29.4 Å². The van der Waals surface area contributed by atoms with Crippen LogP contribution in [-0.4, -0.2) is 52.9 Å². The minimum Gasteiger partial charge on any atom is -0.383 e. The number of nitrogen functional groups attached to an aromatic ring is 1. The van der Waals surface area contributed by atoms with Gasteiger partial charge in [-0.15, -0.1) is 0 Å². The van der Waals surface area contributed by atoms with Gasteiger partial charge in [-0.2, -0.15) is 18.2 Å². The number of rotatable bonds is 5. The Kier molecular flexibility index (Phi) is 6.47. The summed E-state index contributed by atoms with van der Waals surface area (Å²) in [4.78, 5) is 33.1. The van der Waals surface area contributed by atoms with Gasteiger partial charge in [0.1, 0.15) is 11.4 Å². The molecule has 2 amide bonds. The molecule has 1 atom stereocenters. The van der Waals surface area contributed by atoms with Crippen molar-refractivity contribution in [3.63, 3.8) is 0 Å². The van der Waals surface area contributed by atoms with E-state index in [1.807, 2.05) is 0 Å². The summed E-state index contributed by atoms with van der Waals surface area (Å²) in [7, 11) is 0.573. The highest BCUT2D eigenvalue weighted by Crippen LogP contribution is 2.32. The van der Waals surface area contributed by atoms with Gasteiger partial charge in [0.25, 0.3) is 5.91 Å². The first kappa shape index (κ1) is 22.1. The van der Waals surface area contributed by atoms with Crippen LogP contribution in [0.4, 0.5) is 30.6 Å². The molecule has 1 fully saturated rings. The molecule has 0 radical (unpaired) electrons. The minimum atomic E-state index is -4.61. The zero-order valence-electron chi connectivity index (χ0n) is 16.4. The zero-order chi connectivity index (χ0) is 22.6. The molecular weight excluding hydrogens is 412 g/mol. The van der Waals surface area contributed by atoms with Crippen molar-refractivity contribution in [2.24, 2.45) is 0 Å². The van der Waals surface area contributed by atoms with Gasteiger partial charge in [-0.25, -0.2) is 4.98 Å². The minimum absolute atomic E-state index is 0.0208. The lowest BCUT2D eigenvalue weighted by Gasteiger charge is -2.32. The first-order valence-electron chi connectivity index (χ1n) is 9.46. The molecule has 12 heteroatoms. The van der Waals surface area contributed by atoms with E-state index >= 15 is 0 Å². The van der Waals surface area contributed by atoms with E-state index in [0.29, 0.717) is 44.1 Å². The lowest BCUT2D eigenvalue weighted by Crippen LogP contribution is -2.47. The number of anilines is 3. The fourth-order valence-electron chi connectivity index (χ4n) is 3.16. The van der Waals surface area contributed by atoms with Gasteiger partial charge in [-0.05, 0) is 43.2 Å². The van der Waals surface area contributed by atoms with Gasteiger partial charge in [-0.3, -0.25) is 9.59 Å². The molecule has 0 unspecified atom stereocenters. The maximum absolute atomic E-state index is 12.8. The van der Waals surface area contributed by atoms with Gasteiger partial charge in [0.05, 0.1) is 0 Å². The van der Waals surface area contributed by atoms with Crippen molar-refractivity contribution in [2.45, 2.75) is 18.5 Å². The molecule has 1 aliphatic rings. The van der Waals surface area contributed by atoms with E-state index in [2.05, 4.69) is 27.2 Å². The van der Waals surface area contributed by atoms with Crippen LogP contribution in [0.2, 0.25) is 0 Å². The van der Waals surface area contributed by atoms with Crippen molar-refractivity contribution in [3.8, 4) is 0 Å². The van der Waals surface area contributed by atoms with Crippen LogP contribution in [0.5, 0.6) is 0 Å². The second kappa shape index (κ2) is 9.06. The number of carbonyl (C=O) groups is 2. The lowest BCUT2D eigenvalue weighted by atomic mass is 9.65. The Morgan fingerprint density at radius 2 is 2.00 bits per heavy atom. The van der Waals surface area contributed by atoms with E-state index in [1.165, 1.54) is 0 Å². The maximum atomic E-state index is 12.8. The Morgan fingerprint density at radius 3 is 2.55 bits per heavy atom. The molecule has 8 nitrogen and oxygen atoms in total. The number of nitrogens with two attached hydrogens (primary N) is 1. The summed E-state index contributed by atoms with van der Waals surface area (Å²) < 4.78 is 38.3. The predicted octanol–water partition coefficient (Wildman–Crippen LogP) is 1.88. The van der Waals surface area contributed by atoms with E-state index < -0.39 is 17.6 Å². The number of nitrogens with zero attached hydrogens (tertiary/aromatic N) is 3. The van der Waals surface area contributed by atoms with Crippen LogP contribution in [0.15, 0.2) is 43.1 Å². The summed E-state index contributed by atoms with van der Waals surface area (Å²) in [5.74, 6) is -1.20. The fourth-order valence-corrected chi connectivity index (χ4v) is 3.16. The van der Waals surface area contributed by atoms with E-state index in [1.54, 1.807) is 29.2 Å². The first-order chi connectivity index (χ1) is 14.7. The standard InChI is InChI=1S/C19H20BF3N6O2/c1-2-15(30)26-12-5-3-11(4-6-12)17(31)29-8-7-14(20-10-29)27-18-25-9-13(16(24)28-18)19(21,22)23/h2-6,9,14,20H,1,7-8,10H2,(H,26,30)(H3,24,25,27,28)/t14-/m1/s1. The number of alkyl halides is 3. The molecule has 0 spiro atoms. The zero-order valence-corrected chi connectivity index (χ0v) is 16.4. The molecule has 0 saturated carbocycles. The van der Waals surface area contributed by atoms with Crippen LogP contribution < -0.4 is 16.4 Å². The van der Waals surface area contributed by atoms with Crippen molar-refractivity contribution >= 4 is 36.5 Å². The van der Waals surface area contributed by atoms with E-state index in [9.17, 15) is 22.8 Å². The average Bonchev–Trinajstić information content (AvgIpc) is 2.73. The molecule has 1 saturated heterocycles. The number of carbonyl (C=O) groups excluding carboxylic acids is 2. The van der Waals surface area contributed by atoms with E-state index in [-0.39, 0.29) is 23.7 Å². The molecule has 2 aromatic rings. The third kappa shape index (κ3) is 5.53.